The first-order valence-corrected chi connectivity index (χ1v) is 7.08. The molecule has 5 heteroatoms. The number of hydrogen-bond acceptors (Lipinski definition) is 5. The first kappa shape index (κ1) is 15.7. The van der Waals surface area contributed by atoms with Crippen LogP contribution in [0.4, 0.5) is 5.82 Å². The number of nitrogens with two attached hydrogens (primary N) is 1. The molecular formula is C14H26N4O. The first-order chi connectivity index (χ1) is 9.15. The fraction of sp³-hybridized carbons (Fsp3) is 0.714. The Hall–Kier alpha value is -1.36. The molecule has 1 aromatic heterocycles. The predicted octanol–water partition coefficient (Wildman–Crippen LogP) is 2.44. The molecule has 1 heterocycles. The average Bonchev–Trinajstić information content (AvgIpc) is 2.36. The van der Waals surface area contributed by atoms with Crippen LogP contribution in [0.15, 0.2) is 12.4 Å². The Kier molecular flexibility index (Phi) is 7.18. The second-order valence-corrected chi connectivity index (χ2v) is 5.02. The lowest BCUT2D eigenvalue weighted by molar-refractivity contribution is 0.232. The van der Waals surface area contributed by atoms with E-state index in [1.54, 1.807) is 12.4 Å². The van der Waals surface area contributed by atoms with Gasteiger partial charge in [0, 0.05) is 6.54 Å². The molecule has 0 saturated carbocycles. The quantitative estimate of drug-likeness (QED) is 0.718. The average molecular weight is 266 g/mol. The summed E-state index contributed by atoms with van der Waals surface area (Å²) in [5.41, 5.74) is 5.63. The SMILES string of the molecule is CCCC(CCN)CNc1cncc(OC(C)C)n1. The molecule has 0 aliphatic rings. The lowest BCUT2D eigenvalue weighted by atomic mass is 10.00. The minimum absolute atomic E-state index is 0.106. The number of anilines is 1. The molecule has 0 fully saturated rings. The fourth-order valence-electron chi connectivity index (χ4n) is 1.97. The van der Waals surface area contributed by atoms with Crippen molar-refractivity contribution in [3.8, 4) is 5.88 Å². The van der Waals surface area contributed by atoms with Crippen LogP contribution in [0, 0.1) is 5.92 Å². The maximum absolute atomic E-state index is 5.63. The Balaban J connectivity index is 2.51. The summed E-state index contributed by atoms with van der Waals surface area (Å²) in [5, 5.41) is 3.32. The van der Waals surface area contributed by atoms with Gasteiger partial charge in [0.15, 0.2) is 0 Å². The maximum atomic E-state index is 5.63. The summed E-state index contributed by atoms with van der Waals surface area (Å²) in [7, 11) is 0. The molecule has 0 radical (unpaired) electrons. The van der Waals surface area contributed by atoms with Crippen molar-refractivity contribution in [2.45, 2.75) is 46.1 Å². The molecule has 1 atom stereocenters. The van der Waals surface area contributed by atoms with E-state index >= 15 is 0 Å². The molecule has 5 nitrogen and oxygen atoms in total. The Morgan fingerprint density at radius 3 is 2.74 bits per heavy atom. The van der Waals surface area contributed by atoms with Crippen molar-refractivity contribution in [3.63, 3.8) is 0 Å². The minimum Gasteiger partial charge on any atom is -0.474 e. The zero-order chi connectivity index (χ0) is 14.1. The number of aromatic nitrogens is 2. The van der Waals surface area contributed by atoms with Gasteiger partial charge in [-0.3, -0.25) is 4.98 Å². The molecule has 1 aromatic rings. The van der Waals surface area contributed by atoms with Gasteiger partial charge in [-0.05, 0) is 39.2 Å². The van der Waals surface area contributed by atoms with Gasteiger partial charge in [0.2, 0.25) is 5.88 Å². The van der Waals surface area contributed by atoms with Crippen LogP contribution in [0.25, 0.3) is 0 Å². The van der Waals surface area contributed by atoms with Gasteiger partial charge >= 0.3 is 0 Å². The van der Waals surface area contributed by atoms with Gasteiger partial charge in [-0.25, -0.2) is 0 Å². The fourth-order valence-corrected chi connectivity index (χ4v) is 1.97. The van der Waals surface area contributed by atoms with Gasteiger partial charge in [-0.15, -0.1) is 0 Å². The van der Waals surface area contributed by atoms with Crippen LogP contribution in [-0.4, -0.2) is 29.2 Å². The number of nitrogens with one attached hydrogen (secondary N) is 1. The van der Waals surface area contributed by atoms with E-state index in [0.717, 1.165) is 25.3 Å². The van der Waals surface area contributed by atoms with Crippen molar-refractivity contribution in [1.29, 1.82) is 0 Å². The van der Waals surface area contributed by atoms with E-state index in [9.17, 15) is 0 Å². The van der Waals surface area contributed by atoms with E-state index in [1.165, 1.54) is 12.8 Å². The highest BCUT2D eigenvalue weighted by atomic mass is 16.5. The van der Waals surface area contributed by atoms with E-state index in [1.807, 2.05) is 13.8 Å². The van der Waals surface area contributed by atoms with Crippen LogP contribution < -0.4 is 15.8 Å². The third kappa shape index (κ3) is 6.38. The zero-order valence-corrected chi connectivity index (χ0v) is 12.2. The van der Waals surface area contributed by atoms with Gasteiger partial charge in [0.1, 0.15) is 5.82 Å². The van der Waals surface area contributed by atoms with Gasteiger partial charge in [0.05, 0.1) is 18.5 Å². The number of hydrogen-bond donors (Lipinski definition) is 2. The highest BCUT2D eigenvalue weighted by Gasteiger charge is 2.08. The van der Waals surface area contributed by atoms with Crippen molar-refractivity contribution in [2.75, 3.05) is 18.4 Å². The van der Waals surface area contributed by atoms with Gasteiger partial charge in [-0.1, -0.05) is 13.3 Å². The Labute approximate surface area is 116 Å². The number of nitrogens with zero attached hydrogens (tertiary/aromatic N) is 2. The molecular weight excluding hydrogens is 240 g/mol. The van der Waals surface area contributed by atoms with E-state index in [0.29, 0.717) is 11.8 Å². The van der Waals surface area contributed by atoms with Crippen LogP contribution in [0.5, 0.6) is 5.88 Å². The second-order valence-electron chi connectivity index (χ2n) is 5.02. The van der Waals surface area contributed by atoms with Crippen molar-refractivity contribution >= 4 is 5.82 Å². The van der Waals surface area contributed by atoms with Crippen molar-refractivity contribution in [2.24, 2.45) is 11.7 Å². The Bertz CT molecular complexity index is 351. The van der Waals surface area contributed by atoms with E-state index in [4.69, 9.17) is 10.5 Å². The minimum atomic E-state index is 0.106. The standard InChI is InChI=1S/C14H26N4O/c1-4-5-12(6-7-15)8-17-13-9-16-10-14(18-13)19-11(2)3/h9-12H,4-8,15H2,1-3H3,(H,17,18). The van der Waals surface area contributed by atoms with Gasteiger partial charge in [0.25, 0.3) is 0 Å². The summed E-state index contributed by atoms with van der Waals surface area (Å²) in [6.07, 6.45) is 6.85. The predicted molar refractivity (Wildman–Crippen MR) is 78.4 cm³/mol. The molecule has 1 unspecified atom stereocenters. The van der Waals surface area contributed by atoms with Crippen LogP contribution in [0.3, 0.4) is 0 Å². The Morgan fingerprint density at radius 2 is 2.11 bits per heavy atom. The van der Waals surface area contributed by atoms with Crippen LogP contribution in [0.1, 0.15) is 40.0 Å². The number of rotatable bonds is 9. The van der Waals surface area contributed by atoms with E-state index in [-0.39, 0.29) is 6.10 Å². The molecule has 0 bridgehead atoms. The normalized spacial score (nSPS) is 12.5. The number of ether oxygens (including phenoxy) is 1. The lowest BCUT2D eigenvalue weighted by Crippen LogP contribution is -2.18. The van der Waals surface area contributed by atoms with Crippen molar-refractivity contribution in [3.05, 3.63) is 12.4 Å². The summed E-state index contributed by atoms with van der Waals surface area (Å²) < 4.78 is 5.52. The highest BCUT2D eigenvalue weighted by molar-refractivity contribution is 5.33. The largest absolute Gasteiger partial charge is 0.474 e. The zero-order valence-electron chi connectivity index (χ0n) is 12.2. The van der Waals surface area contributed by atoms with Crippen LogP contribution >= 0.6 is 0 Å². The first-order valence-electron chi connectivity index (χ1n) is 7.08. The molecule has 0 aliphatic carbocycles. The molecule has 0 spiro atoms. The lowest BCUT2D eigenvalue weighted by Gasteiger charge is -2.16. The summed E-state index contributed by atoms with van der Waals surface area (Å²) in [4.78, 5) is 8.51. The van der Waals surface area contributed by atoms with Crippen LogP contribution in [0.2, 0.25) is 0 Å². The van der Waals surface area contributed by atoms with Gasteiger partial charge in [-0.2, -0.15) is 4.98 Å². The van der Waals surface area contributed by atoms with E-state index < -0.39 is 0 Å². The topological polar surface area (TPSA) is 73.1 Å². The van der Waals surface area contributed by atoms with Gasteiger partial charge < -0.3 is 15.8 Å². The molecule has 0 saturated heterocycles. The third-order valence-electron chi connectivity index (χ3n) is 2.81. The smallest absolute Gasteiger partial charge is 0.234 e. The van der Waals surface area contributed by atoms with Crippen molar-refractivity contribution in [1.82, 2.24) is 9.97 Å². The third-order valence-corrected chi connectivity index (χ3v) is 2.81. The summed E-state index contributed by atoms with van der Waals surface area (Å²) >= 11 is 0. The van der Waals surface area contributed by atoms with Crippen LogP contribution in [-0.2, 0) is 0 Å². The molecule has 0 amide bonds. The highest BCUT2D eigenvalue weighted by Crippen LogP contribution is 2.14. The molecule has 108 valence electrons. The second kappa shape index (κ2) is 8.69. The molecule has 0 aliphatic heterocycles. The molecule has 1 rings (SSSR count). The monoisotopic (exact) mass is 266 g/mol. The van der Waals surface area contributed by atoms with Crippen molar-refractivity contribution < 1.29 is 4.74 Å². The summed E-state index contributed by atoms with van der Waals surface area (Å²) in [6, 6.07) is 0. The molecule has 0 aromatic carbocycles. The molecule has 3 N–H and O–H groups in total. The summed E-state index contributed by atoms with van der Waals surface area (Å²) in [5.74, 6) is 1.91. The Morgan fingerprint density at radius 1 is 1.32 bits per heavy atom. The molecule has 19 heavy (non-hydrogen) atoms. The summed E-state index contributed by atoms with van der Waals surface area (Å²) in [6.45, 7) is 7.75. The maximum Gasteiger partial charge on any atom is 0.234 e. The van der Waals surface area contributed by atoms with E-state index in [2.05, 4.69) is 22.2 Å².